The van der Waals surface area contributed by atoms with Crippen molar-refractivity contribution in [3.05, 3.63) is 29.8 Å². The topological polar surface area (TPSA) is 29.5 Å². The van der Waals surface area contributed by atoms with Gasteiger partial charge in [0.15, 0.2) is 5.78 Å². The molecule has 0 radical (unpaired) electrons. The van der Waals surface area contributed by atoms with Gasteiger partial charge < -0.3 is 9.64 Å². The number of rotatable bonds is 5. The van der Waals surface area contributed by atoms with Crippen LogP contribution < -0.4 is 4.90 Å². The molecule has 1 fully saturated rings. The number of hydrogen-bond donors (Lipinski definition) is 0. The number of nitrogens with zero attached hydrogens (tertiary/aromatic N) is 1. The first-order chi connectivity index (χ1) is 9.26. The van der Waals surface area contributed by atoms with Crippen LogP contribution in [0.1, 0.15) is 37.0 Å². The highest BCUT2D eigenvalue weighted by Gasteiger charge is 2.17. The van der Waals surface area contributed by atoms with Crippen molar-refractivity contribution in [3.63, 3.8) is 0 Å². The van der Waals surface area contributed by atoms with Gasteiger partial charge in [-0.1, -0.05) is 13.8 Å². The van der Waals surface area contributed by atoms with Crippen LogP contribution in [0.15, 0.2) is 24.3 Å². The van der Waals surface area contributed by atoms with Crippen LogP contribution >= 0.6 is 0 Å². The molecule has 1 saturated heterocycles. The molecule has 0 aliphatic carbocycles. The maximum atomic E-state index is 12.3. The van der Waals surface area contributed by atoms with E-state index in [4.69, 9.17) is 4.74 Å². The maximum Gasteiger partial charge on any atom is 0.165 e. The molecule has 0 bridgehead atoms. The predicted octanol–water partition coefficient (Wildman–Crippen LogP) is 3.14. The Labute approximate surface area is 115 Å². The van der Waals surface area contributed by atoms with Crippen LogP contribution in [0.25, 0.3) is 0 Å². The van der Waals surface area contributed by atoms with Gasteiger partial charge in [-0.15, -0.1) is 0 Å². The molecule has 0 saturated carbocycles. The third-order valence-electron chi connectivity index (χ3n) is 3.88. The van der Waals surface area contributed by atoms with Crippen molar-refractivity contribution >= 4 is 11.5 Å². The number of anilines is 1. The smallest absolute Gasteiger partial charge is 0.165 e. The molecule has 1 heterocycles. The van der Waals surface area contributed by atoms with E-state index < -0.39 is 0 Å². The fourth-order valence-corrected chi connectivity index (χ4v) is 2.55. The number of hydrogen-bond acceptors (Lipinski definition) is 3. The summed E-state index contributed by atoms with van der Waals surface area (Å²) in [7, 11) is 0. The Hall–Kier alpha value is -1.35. The largest absolute Gasteiger partial charge is 0.378 e. The van der Waals surface area contributed by atoms with Crippen molar-refractivity contribution in [2.24, 2.45) is 5.92 Å². The first kappa shape index (κ1) is 14.1. The fraction of sp³-hybridized carbons (Fsp3) is 0.562. The third-order valence-corrected chi connectivity index (χ3v) is 3.88. The molecular weight excluding hydrogens is 238 g/mol. The van der Waals surface area contributed by atoms with Crippen molar-refractivity contribution in [1.29, 1.82) is 0 Å². The predicted molar refractivity (Wildman–Crippen MR) is 77.9 cm³/mol. The molecule has 19 heavy (non-hydrogen) atoms. The summed E-state index contributed by atoms with van der Waals surface area (Å²) < 4.78 is 5.35. The standard InChI is InChI=1S/C16H23NO2/c1-3-13(4-2)16(18)14-5-7-15(8-6-14)17-9-11-19-12-10-17/h5-8,13H,3-4,9-12H2,1-2H3. The maximum absolute atomic E-state index is 12.3. The zero-order valence-electron chi connectivity index (χ0n) is 11.9. The van der Waals surface area contributed by atoms with E-state index in [1.54, 1.807) is 0 Å². The van der Waals surface area contributed by atoms with E-state index in [0.29, 0.717) is 0 Å². The van der Waals surface area contributed by atoms with Crippen molar-refractivity contribution < 1.29 is 9.53 Å². The minimum Gasteiger partial charge on any atom is -0.378 e. The number of Topliss-reactive ketones (excluding diaryl/α,β-unsaturated/α-hetero) is 1. The van der Waals surface area contributed by atoms with E-state index in [-0.39, 0.29) is 11.7 Å². The number of morpholine rings is 1. The highest BCUT2D eigenvalue weighted by molar-refractivity contribution is 5.98. The molecule has 1 aromatic rings. The molecule has 0 aromatic heterocycles. The molecular formula is C16H23NO2. The van der Waals surface area contributed by atoms with Crippen LogP contribution in [0.4, 0.5) is 5.69 Å². The van der Waals surface area contributed by atoms with E-state index in [0.717, 1.165) is 44.7 Å². The molecule has 3 nitrogen and oxygen atoms in total. The van der Waals surface area contributed by atoms with Gasteiger partial charge >= 0.3 is 0 Å². The molecule has 1 aliphatic heterocycles. The normalized spacial score (nSPS) is 15.8. The minimum atomic E-state index is 0.161. The Kier molecular flexibility index (Phi) is 4.97. The molecule has 1 aliphatic rings. The Morgan fingerprint density at radius 3 is 2.26 bits per heavy atom. The van der Waals surface area contributed by atoms with E-state index in [2.05, 4.69) is 30.9 Å². The molecule has 1 aromatic carbocycles. The highest BCUT2D eigenvalue weighted by atomic mass is 16.5. The van der Waals surface area contributed by atoms with Crippen LogP contribution in [-0.4, -0.2) is 32.1 Å². The van der Waals surface area contributed by atoms with Crippen LogP contribution in [0, 0.1) is 5.92 Å². The molecule has 2 rings (SSSR count). The average Bonchev–Trinajstić information content (AvgIpc) is 2.49. The second kappa shape index (κ2) is 6.71. The van der Waals surface area contributed by atoms with Gasteiger partial charge in [0, 0.05) is 30.3 Å². The van der Waals surface area contributed by atoms with Crippen molar-refractivity contribution in [2.45, 2.75) is 26.7 Å². The molecule has 0 atom stereocenters. The summed E-state index contributed by atoms with van der Waals surface area (Å²) in [4.78, 5) is 14.6. The van der Waals surface area contributed by atoms with Crippen LogP contribution in [0.2, 0.25) is 0 Å². The molecule has 104 valence electrons. The quantitative estimate of drug-likeness (QED) is 0.763. The van der Waals surface area contributed by atoms with Crippen LogP contribution in [-0.2, 0) is 4.74 Å². The van der Waals surface area contributed by atoms with E-state index in [1.165, 1.54) is 5.69 Å². The second-order valence-corrected chi connectivity index (χ2v) is 5.02. The third kappa shape index (κ3) is 3.35. The van der Waals surface area contributed by atoms with Gasteiger partial charge in [0.1, 0.15) is 0 Å². The van der Waals surface area contributed by atoms with E-state index >= 15 is 0 Å². The zero-order valence-corrected chi connectivity index (χ0v) is 11.9. The van der Waals surface area contributed by atoms with Gasteiger partial charge in [-0.3, -0.25) is 4.79 Å². The zero-order chi connectivity index (χ0) is 13.7. The second-order valence-electron chi connectivity index (χ2n) is 5.02. The molecule has 0 spiro atoms. The number of ether oxygens (including phenoxy) is 1. The van der Waals surface area contributed by atoms with Crippen LogP contribution in [0.3, 0.4) is 0 Å². The van der Waals surface area contributed by atoms with Crippen molar-refractivity contribution in [1.82, 2.24) is 0 Å². The number of carbonyl (C=O) groups is 1. The number of carbonyl (C=O) groups excluding carboxylic acids is 1. The summed E-state index contributed by atoms with van der Waals surface area (Å²) in [6.45, 7) is 7.59. The van der Waals surface area contributed by atoms with Crippen molar-refractivity contribution in [2.75, 3.05) is 31.2 Å². The summed E-state index contributed by atoms with van der Waals surface area (Å²) in [6, 6.07) is 8.04. The van der Waals surface area contributed by atoms with Gasteiger partial charge in [-0.2, -0.15) is 0 Å². The fourth-order valence-electron chi connectivity index (χ4n) is 2.55. The number of ketones is 1. The Bertz CT molecular complexity index is 403. The molecule has 0 N–H and O–H groups in total. The SMILES string of the molecule is CCC(CC)C(=O)c1ccc(N2CCOCC2)cc1. The lowest BCUT2D eigenvalue weighted by molar-refractivity contribution is 0.0913. The monoisotopic (exact) mass is 261 g/mol. The number of benzene rings is 1. The Balaban J connectivity index is 2.07. The van der Waals surface area contributed by atoms with E-state index in [1.807, 2.05) is 12.1 Å². The van der Waals surface area contributed by atoms with Gasteiger partial charge in [-0.05, 0) is 37.1 Å². The summed E-state index contributed by atoms with van der Waals surface area (Å²) in [5, 5.41) is 0. The summed E-state index contributed by atoms with van der Waals surface area (Å²) in [5.41, 5.74) is 2.02. The summed E-state index contributed by atoms with van der Waals surface area (Å²) in [5.74, 6) is 0.438. The highest BCUT2D eigenvalue weighted by Crippen LogP contribution is 2.20. The lowest BCUT2D eigenvalue weighted by Gasteiger charge is -2.29. The van der Waals surface area contributed by atoms with Gasteiger partial charge in [0.25, 0.3) is 0 Å². The lowest BCUT2D eigenvalue weighted by Crippen LogP contribution is -2.36. The minimum absolute atomic E-state index is 0.161. The molecule has 3 heteroatoms. The molecule has 0 amide bonds. The Morgan fingerprint density at radius 2 is 1.74 bits per heavy atom. The van der Waals surface area contributed by atoms with Gasteiger partial charge in [0.05, 0.1) is 13.2 Å². The van der Waals surface area contributed by atoms with Crippen molar-refractivity contribution in [3.8, 4) is 0 Å². The lowest BCUT2D eigenvalue weighted by atomic mass is 9.93. The van der Waals surface area contributed by atoms with E-state index in [9.17, 15) is 4.79 Å². The van der Waals surface area contributed by atoms with Crippen LogP contribution in [0.5, 0.6) is 0 Å². The summed E-state index contributed by atoms with van der Waals surface area (Å²) >= 11 is 0. The first-order valence-electron chi connectivity index (χ1n) is 7.23. The summed E-state index contributed by atoms with van der Waals surface area (Å²) in [6.07, 6.45) is 1.83. The molecule has 0 unspecified atom stereocenters. The van der Waals surface area contributed by atoms with Gasteiger partial charge in [-0.25, -0.2) is 0 Å². The first-order valence-corrected chi connectivity index (χ1v) is 7.23. The Morgan fingerprint density at radius 1 is 1.16 bits per heavy atom. The average molecular weight is 261 g/mol. The van der Waals surface area contributed by atoms with Gasteiger partial charge in [0.2, 0.25) is 0 Å².